The zero-order valence-electron chi connectivity index (χ0n) is 14.2. The SMILES string of the molecule is N#Cc1ccnc(N2CCN(C(=O)Cc3cn4ccccc4n3)CC2)c1. The number of fused-ring (bicyclic) bond motifs is 1. The summed E-state index contributed by atoms with van der Waals surface area (Å²) in [6.45, 7) is 2.70. The minimum absolute atomic E-state index is 0.0896. The second-order valence-corrected chi connectivity index (χ2v) is 6.26. The van der Waals surface area contributed by atoms with Gasteiger partial charge in [0.2, 0.25) is 5.91 Å². The van der Waals surface area contributed by atoms with Crippen LogP contribution in [-0.2, 0) is 11.2 Å². The Morgan fingerprint density at radius 1 is 1.19 bits per heavy atom. The van der Waals surface area contributed by atoms with E-state index in [4.69, 9.17) is 5.26 Å². The average molecular weight is 346 g/mol. The molecule has 1 saturated heterocycles. The minimum atomic E-state index is 0.0896. The molecule has 1 aliphatic rings. The zero-order valence-corrected chi connectivity index (χ0v) is 14.2. The molecule has 7 heteroatoms. The summed E-state index contributed by atoms with van der Waals surface area (Å²) >= 11 is 0. The van der Waals surface area contributed by atoms with Gasteiger partial charge in [-0.2, -0.15) is 5.26 Å². The Hall–Kier alpha value is -3.40. The van der Waals surface area contributed by atoms with Crippen molar-refractivity contribution in [1.29, 1.82) is 5.26 Å². The van der Waals surface area contributed by atoms with Crippen LogP contribution in [0.2, 0.25) is 0 Å². The first-order valence-corrected chi connectivity index (χ1v) is 8.54. The van der Waals surface area contributed by atoms with E-state index in [9.17, 15) is 4.79 Å². The Morgan fingerprint density at radius 2 is 2.04 bits per heavy atom. The molecule has 4 heterocycles. The fraction of sp³-hybridized carbons (Fsp3) is 0.263. The van der Waals surface area contributed by atoms with Crippen molar-refractivity contribution >= 4 is 17.4 Å². The number of imidazole rings is 1. The van der Waals surface area contributed by atoms with Crippen molar-refractivity contribution in [2.24, 2.45) is 0 Å². The molecule has 1 aliphatic heterocycles. The van der Waals surface area contributed by atoms with Gasteiger partial charge in [-0.1, -0.05) is 6.07 Å². The summed E-state index contributed by atoms with van der Waals surface area (Å²) in [5.41, 5.74) is 2.23. The van der Waals surface area contributed by atoms with E-state index in [1.807, 2.05) is 39.9 Å². The van der Waals surface area contributed by atoms with E-state index in [1.54, 1.807) is 18.3 Å². The summed E-state index contributed by atoms with van der Waals surface area (Å²) in [6, 6.07) is 11.4. The molecule has 0 N–H and O–H groups in total. The largest absolute Gasteiger partial charge is 0.353 e. The lowest BCUT2D eigenvalue weighted by molar-refractivity contribution is -0.130. The first-order chi connectivity index (χ1) is 12.7. The number of nitrogens with zero attached hydrogens (tertiary/aromatic N) is 6. The fourth-order valence-corrected chi connectivity index (χ4v) is 3.18. The number of carbonyl (C=O) groups excluding carboxylic acids is 1. The molecule has 3 aromatic heterocycles. The third-order valence-corrected chi connectivity index (χ3v) is 4.58. The maximum atomic E-state index is 12.6. The molecular formula is C19H18N6O. The molecule has 1 fully saturated rings. The molecule has 26 heavy (non-hydrogen) atoms. The molecule has 0 unspecified atom stereocenters. The Balaban J connectivity index is 1.38. The van der Waals surface area contributed by atoms with Gasteiger partial charge in [0.05, 0.1) is 23.7 Å². The number of piperazine rings is 1. The Kier molecular flexibility index (Phi) is 4.23. The highest BCUT2D eigenvalue weighted by atomic mass is 16.2. The summed E-state index contributed by atoms with van der Waals surface area (Å²) in [6.07, 6.45) is 5.79. The van der Waals surface area contributed by atoms with Gasteiger partial charge in [0, 0.05) is 44.8 Å². The molecule has 4 rings (SSSR count). The molecule has 0 aromatic carbocycles. The second kappa shape index (κ2) is 6.84. The molecule has 3 aromatic rings. The van der Waals surface area contributed by atoms with Crippen molar-refractivity contribution in [3.63, 3.8) is 0 Å². The third-order valence-electron chi connectivity index (χ3n) is 4.58. The standard InChI is InChI=1S/C19H18N6O/c20-13-15-4-5-21-18(11-15)23-7-9-24(10-8-23)19(26)12-16-14-25-6-2-1-3-17(25)22-16/h1-6,11,14H,7-10,12H2. The monoisotopic (exact) mass is 346 g/mol. The summed E-state index contributed by atoms with van der Waals surface area (Å²) in [7, 11) is 0. The van der Waals surface area contributed by atoms with Crippen LogP contribution in [0.1, 0.15) is 11.3 Å². The van der Waals surface area contributed by atoms with E-state index in [0.717, 1.165) is 17.2 Å². The van der Waals surface area contributed by atoms with Gasteiger partial charge in [0.25, 0.3) is 0 Å². The predicted octanol–water partition coefficient (Wildman–Crippen LogP) is 1.49. The van der Waals surface area contributed by atoms with E-state index in [1.165, 1.54) is 0 Å². The lowest BCUT2D eigenvalue weighted by Crippen LogP contribution is -2.49. The van der Waals surface area contributed by atoms with E-state index < -0.39 is 0 Å². The zero-order chi connectivity index (χ0) is 17.9. The highest BCUT2D eigenvalue weighted by Gasteiger charge is 2.22. The normalized spacial score (nSPS) is 14.4. The Bertz CT molecular complexity index is 948. The summed E-state index contributed by atoms with van der Waals surface area (Å²) < 4.78 is 1.93. The van der Waals surface area contributed by atoms with Gasteiger partial charge in [0.15, 0.2) is 0 Å². The van der Waals surface area contributed by atoms with Crippen LogP contribution in [0.5, 0.6) is 0 Å². The Labute approximate surface area is 151 Å². The molecule has 0 saturated carbocycles. The number of amides is 1. The third kappa shape index (κ3) is 3.22. The van der Waals surface area contributed by atoms with Crippen molar-refractivity contribution in [3.05, 3.63) is 60.2 Å². The number of rotatable bonds is 3. The van der Waals surface area contributed by atoms with Crippen LogP contribution in [0, 0.1) is 11.3 Å². The topological polar surface area (TPSA) is 77.5 Å². The number of aromatic nitrogens is 3. The van der Waals surface area contributed by atoms with Gasteiger partial charge >= 0.3 is 0 Å². The maximum absolute atomic E-state index is 12.6. The van der Waals surface area contributed by atoms with Crippen LogP contribution < -0.4 is 4.90 Å². The molecule has 0 spiro atoms. The van der Waals surface area contributed by atoms with Crippen molar-refractivity contribution in [2.75, 3.05) is 31.1 Å². The van der Waals surface area contributed by atoms with Crippen molar-refractivity contribution in [1.82, 2.24) is 19.3 Å². The smallest absolute Gasteiger partial charge is 0.228 e. The number of carbonyl (C=O) groups is 1. The van der Waals surface area contributed by atoms with E-state index >= 15 is 0 Å². The number of hydrogen-bond donors (Lipinski definition) is 0. The van der Waals surface area contributed by atoms with Crippen LogP contribution in [0.25, 0.3) is 5.65 Å². The first-order valence-electron chi connectivity index (χ1n) is 8.54. The fourth-order valence-electron chi connectivity index (χ4n) is 3.18. The molecular weight excluding hydrogens is 328 g/mol. The number of pyridine rings is 2. The lowest BCUT2D eigenvalue weighted by atomic mass is 10.2. The average Bonchev–Trinajstić information content (AvgIpc) is 3.10. The van der Waals surface area contributed by atoms with Gasteiger partial charge in [-0.25, -0.2) is 9.97 Å². The van der Waals surface area contributed by atoms with Crippen LogP contribution in [0.15, 0.2) is 48.9 Å². The van der Waals surface area contributed by atoms with Crippen molar-refractivity contribution in [2.45, 2.75) is 6.42 Å². The minimum Gasteiger partial charge on any atom is -0.353 e. The Morgan fingerprint density at radius 3 is 2.81 bits per heavy atom. The number of anilines is 1. The molecule has 0 radical (unpaired) electrons. The highest BCUT2D eigenvalue weighted by Crippen LogP contribution is 2.15. The van der Waals surface area contributed by atoms with E-state index in [-0.39, 0.29) is 5.91 Å². The molecule has 130 valence electrons. The van der Waals surface area contributed by atoms with Crippen LogP contribution in [-0.4, -0.2) is 51.4 Å². The lowest BCUT2D eigenvalue weighted by Gasteiger charge is -2.35. The van der Waals surface area contributed by atoms with Crippen molar-refractivity contribution < 1.29 is 4.79 Å². The van der Waals surface area contributed by atoms with Crippen LogP contribution >= 0.6 is 0 Å². The van der Waals surface area contributed by atoms with Gasteiger partial charge in [-0.05, 0) is 24.3 Å². The van der Waals surface area contributed by atoms with Gasteiger partial charge in [0.1, 0.15) is 11.5 Å². The second-order valence-electron chi connectivity index (χ2n) is 6.26. The van der Waals surface area contributed by atoms with Gasteiger partial charge in [-0.3, -0.25) is 4.79 Å². The first kappa shape index (κ1) is 16.1. The maximum Gasteiger partial charge on any atom is 0.228 e. The van der Waals surface area contributed by atoms with Gasteiger partial charge < -0.3 is 14.2 Å². The molecule has 0 aliphatic carbocycles. The molecule has 1 amide bonds. The summed E-state index contributed by atoms with van der Waals surface area (Å²) in [5.74, 6) is 0.878. The van der Waals surface area contributed by atoms with Crippen molar-refractivity contribution in [3.8, 4) is 6.07 Å². The van der Waals surface area contributed by atoms with Crippen LogP contribution in [0.3, 0.4) is 0 Å². The summed E-state index contributed by atoms with van der Waals surface area (Å²) in [4.78, 5) is 25.4. The quantitative estimate of drug-likeness (QED) is 0.718. The van der Waals surface area contributed by atoms with Gasteiger partial charge in [-0.15, -0.1) is 0 Å². The van der Waals surface area contributed by atoms with E-state index in [2.05, 4.69) is 20.9 Å². The molecule has 0 atom stereocenters. The van der Waals surface area contributed by atoms with E-state index in [0.29, 0.717) is 38.2 Å². The molecule has 0 bridgehead atoms. The number of hydrogen-bond acceptors (Lipinski definition) is 5. The highest BCUT2D eigenvalue weighted by molar-refractivity contribution is 5.78. The predicted molar refractivity (Wildman–Crippen MR) is 96.6 cm³/mol. The van der Waals surface area contributed by atoms with Crippen LogP contribution in [0.4, 0.5) is 5.82 Å². The number of nitriles is 1. The summed E-state index contributed by atoms with van der Waals surface area (Å²) in [5, 5.41) is 9.01. The molecule has 7 nitrogen and oxygen atoms in total.